The third kappa shape index (κ3) is 2.83. The molecule has 0 saturated heterocycles. The lowest BCUT2D eigenvalue weighted by molar-refractivity contribution is 0.0992. The van der Waals surface area contributed by atoms with Gasteiger partial charge in [-0.1, -0.05) is 48.5 Å². The van der Waals surface area contributed by atoms with E-state index in [-0.39, 0.29) is 5.91 Å². The average molecular weight is 347 g/mol. The molecular formula is C20H17N3OS. The van der Waals surface area contributed by atoms with E-state index in [1.165, 1.54) is 11.3 Å². The zero-order valence-corrected chi connectivity index (χ0v) is 14.6. The standard InChI is InChI=1S/C20H17N3OS/c1-2-23(15-11-7-4-8-12-15)20(24)17-13-16-18(21-22-19(16)25-17)14-9-5-3-6-10-14/h3-13H,2H2,1H3,(H,21,22). The fourth-order valence-electron chi connectivity index (χ4n) is 2.93. The highest BCUT2D eigenvalue weighted by molar-refractivity contribution is 7.20. The summed E-state index contributed by atoms with van der Waals surface area (Å²) in [6, 6.07) is 21.7. The Bertz CT molecular complexity index is 1010. The molecule has 0 fully saturated rings. The van der Waals surface area contributed by atoms with E-state index < -0.39 is 0 Å². The molecule has 2 heterocycles. The van der Waals surface area contributed by atoms with Crippen molar-refractivity contribution in [3.8, 4) is 11.3 Å². The second-order valence-electron chi connectivity index (χ2n) is 5.68. The highest BCUT2D eigenvalue weighted by Crippen LogP contribution is 2.33. The van der Waals surface area contributed by atoms with Gasteiger partial charge < -0.3 is 4.90 Å². The Morgan fingerprint density at radius 2 is 1.76 bits per heavy atom. The number of aromatic nitrogens is 2. The number of amides is 1. The fraction of sp³-hybridized carbons (Fsp3) is 0.100. The molecule has 124 valence electrons. The highest BCUT2D eigenvalue weighted by atomic mass is 32.1. The Hall–Kier alpha value is -2.92. The van der Waals surface area contributed by atoms with Crippen LogP contribution < -0.4 is 4.90 Å². The smallest absolute Gasteiger partial charge is 0.268 e. The maximum atomic E-state index is 13.0. The summed E-state index contributed by atoms with van der Waals surface area (Å²) in [7, 11) is 0. The second kappa shape index (κ2) is 6.53. The number of aromatic amines is 1. The molecule has 0 unspecified atom stereocenters. The molecule has 4 aromatic rings. The molecule has 4 rings (SSSR count). The van der Waals surface area contributed by atoms with Gasteiger partial charge in [-0.3, -0.25) is 9.89 Å². The first kappa shape index (κ1) is 15.6. The first-order valence-electron chi connectivity index (χ1n) is 8.18. The van der Waals surface area contributed by atoms with Gasteiger partial charge in [-0.15, -0.1) is 11.3 Å². The number of fused-ring (bicyclic) bond motifs is 1. The Labute approximate surface area is 149 Å². The third-order valence-corrected chi connectivity index (χ3v) is 5.17. The number of carbonyl (C=O) groups is 1. The van der Waals surface area contributed by atoms with Crippen molar-refractivity contribution in [2.75, 3.05) is 11.4 Å². The molecule has 1 amide bonds. The van der Waals surface area contributed by atoms with Gasteiger partial charge in [0.15, 0.2) is 0 Å². The van der Waals surface area contributed by atoms with Gasteiger partial charge in [0.05, 0.1) is 10.6 Å². The minimum atomic E-state index is 0.00992. The quantitative estimate of drug-likeness (QED) is 0.567. The summed E-state index contributed by atoms with van der Waals surface area (Å²) >= 11 is 1.43. The number of para-hydroxylation sites is 1. The van der Waals surface area contributed by atoms with Gasteiger partial charge in [0.25, 0.3) is 5.91 Å². The van der Waals surface area contributed by atoms with Crippen molar-refractivity contribution in [3.05, 3.63) is 71.6 Å². The minimum absolute atomic E-state index is 0.00992. The summed E-state index contributed by atoms with van der Waals surface area (Å²) < 4.78 is 0. The summed E-state index contributed by atoms with van der Waals surface area (Å²) in [6.45, 7) is 2.61. The van der Waals surface area contributed by atoms with Crippen molar-refractivity contribution < 1.29 is 4.79 Å². The Morgan fingerprint density at radius 3 is 2.44 bits per heavy atom. The number of rotatable bonds is 4. The molecule has 2 aromatic heterocycles. The van der Waals surface area contributed by atoms with Crippen LogP contribution in [0.15, 0.2) is 66.7 Å². The number of hydrogen-bond acceptors (Lipinski definition) is 3. The van der Waals surface area contributed by atoms with Crippen LogP contribution in [-0.4, -0.2) is 22.6 Å². The Kier molecular flexibility index (Phi) is 4.07. The van der Waals surface area contributed by atoms with Gasteiger partial charge in [0, 0.05) is 23.2 Å². The van der Waals surface area contributed by atoms with E-state index in [0.29, 0.717) is 11.4 Å². The monoisotopic (exact) mass is 347 g/mol. The first-order chi connectivity index (χ1) is 12.3. The third-order valence-electron chi connectivity index (χ3n) is 4.15. The Balaban J connectivity index is 1.72. The molecule has 2 aromatic carbocycles. The normalized spacial score (nSPS) is 10.9. The van der Waals surface area contributed by atoms with Gasteiger partial charge in [-0.05, 0) is 25.1 Å². The molecule has 4 nitrogen and oxygen atoms in total. The number of thiophene rings is 1. The first-order valence-corrected chi connectivity index (χ1v) is 9.00. The van der Waals surface area contributed by atoms with E-state index >= 15 is 0 Å². The fourth-order valence-corrected chi connectivity index (χ4v) is 3.87. The molecule has 0 radical (unpaired) electrons. The molecule has 25 heavy (non-hydrogen) atoms. The van der Waals surface area contributed by atoms with Crippen molar-refractivity contribution in [3.63, 3.8) is 0 Å². The molecular weight excluding hydrogens is 330 g/mol. The number of anilines is 1. The van der Waals surface area contributed by atoms with Crippen molar-refractivity contribution in [1.29, 1.82) is 0 Å². The molecule has 0 bridgehead atoms. The topological polar surface area (TPSA) is 49.0 Å². The lowest BCUT2D eigenvalue weighted by Gasteiger charge is -2.20. The number of nitrogens with zero attached hydrogens (tertiary/aromatic N) is 2. The van der Waals surface area contributed by atoms with Crippen molar-refractivity contribution in [2.45, 2.75) is 6.92 Å². The summed E-state index contributed by atoms with van der Waals surface area (Å²) in [5.74, 6) is 0.00992. The number of H-pyrrole nitrogens is 1. The van der Waals surface area contributed by atoms with Crippen LogP contribution in [0, 0.1) is 0 Å². The second-order valence-corrected chi connectivity index (χ2v) is 6.71. The molecule has 5 heteroatoms. The lowest BCUT2D eigenvalue weighted by Crippen LogP contribution is -2.29. The summed E-state index contributed by atoms with van der Waals surface area (Å²) in [5.41, 5.74) is 2.93. The van der Waals surface area contributed by atoms with Gasteiger partial charge in [-0.2, -0.15) is 5.10 Å². The zero-order valence-electron chi connectivity index (χ0n) is 13.8. The summed E-state index contributed by atoms with van der Waals surface area (Å²) in [4.78, 5) is 16.3. The van der Waals surface area contributed by atoms with Crippen molar-refractivity contribution in [1.82, 2.24) is 10.2 Å². The maximum absolute atomic E-state index is 13.0. The molecule has 0 spiro atoms. The minimum Gasteiger partial charge on any atom is -0.308 e. The van der Waals surface area contributed by atoms with Crippen LogP contribution in [-0.2, 0) is 0 Å². The van der Waals surface area contributed by atoms with E-state index in [0.717, 1.165) is 27.2 Å². The molecule has 0 aliphatic rings. The Morgan fingerprint density at radius 1 is 1.08 bits per heavy atom. The van der Waals surface area contributed by atoms with E-state index in [1.807, 2.05) is 73.7 Å². The number of nitrogens with one attached hydrogen (secondary N) is 1. The van der Waals surface area contributed by atoms with Crippen molar-refractivity contribution >= 4 is 33.1 Å². The SMILES string of the molecule is CCN(C(=O)c1cc2c(-c3ccccc3)[nH]nc2s1)c1ccccc1. The number of benzene rings is 2. The van der Waals surface area contributed by atoms with Gasteiger partial charge in [0.2, 0.25) is 0 Å². The number of hydrogen-bond donors (Lipinski definition) is 1. The van der Waals surface area contributed by atoms with Gasteiger partial charge in [0.1, 0.15) is 4.83 Å². The highest BCUT2D eigenvalue weighted by Gasteiger charge is 2.20. The molecule has 0 aliphatic heterocycles. The molecule has 0 atom stereocenters. The van der Waals surface area contributed by atoms with E-state index in [9.17, 15) is 4.79 Å². The van der Waals surface area contributed by atoms with Crippen LogP contribution in [0.25, 0.3) is 21.5 Å². The zero-order chi connectivity index (χ0) is 17.2. The molecule has 0 saturated carbocycles. The molecule has 0 aliphatic carbocycles. The number of carbonyl (C=O) groups excluding carboxylic acids is 1. The van der Waals surface area contributed by atoms with Crippen LogP contribution in [0.3, 0.4) is 0 Å². The maximum Gasteiger partial charge on any atom is 0.268 e. The predicted octanol–water partition coefficient (Wildman–Crippen LogP) is 4.96. The van der Waals surface area contributed by atoms with Crippen LogP contribution >= 0.6 is 11.3 Å². The van der Waals surface area contributed by atoms with Crippen molar-refractivity contribution in [2.24, 2.45) is 0 Å². The van der Waals surface area contributed by atoms with E-state index in [2.05, 4.69) is 10.2 Å². The van der Waals surface area contributed by atoms with E-state index in [1.54, 1.807) is 4.90 Å². The van der Waals surface area contributed by atoms with Crippen LogP contribution in [0.2, 0.25) is 0 Å². The van der Waals surface area contributed by atoms with Crippen LogP contribution in [0.4, 0.5) is 5.69 Å². The summed E-state index contributed by atoms with van der Waals surface area (Å²) in [5, 5.41) is 8.45. The van der Waals surface area contributed by atoms with Gasteiger partial charge >= 0.3 is 0 Å². The summed E-state index contributed by atoms with van der Waals surface area (Å²) in [6.07, 6.45) is 0. The lowest BCUT2D eigenvalue weighted by atomic mass is 10.1. The average Bonchev–Trinajstić information content (AvgIpc) is 3.24. The molecule has 1 N–H and O–H groups in total. The van der Waals surface area contributed by atoms with Crippen LogP contribution in [0.1, 0.15) is 16.6 Å². The predicted molar refractivity (Wildman–Crippen MR) is 103 cm³/mol. The van der Waals surface area contributed by atoms with E-state index in [4.69, 9.17) is 0 Å². The van der Waals surface area contributed by atoms with Gasteiger partial charge in [-0.25, -0.2) is 0 Å². The van der Waals surface area contributed by atoms with Crippen LogP contribution in [0.5, 0.6) is 0 Å². The largest absolute Gasteiger partial charge is 0.308 e.